The molecule has 2 aliphatic rings. The predicted molar refractivity (Wildman–Crippen MR) is 80.2 cm³/mol. The predicted octanol–water partition coefficient (Wildman–Crippen LogP) is -5.25. The summed E-state index contributed by atoms with van der Waals surface area (Å²) >= 11 is 0. The molecule has 0 bridgehead atoms. The van der Waals surface area contributed by atoms with Gasteiger partial charge in [0.25, 0.3) is 0 Å². The van der Waals surface area contributed by atoms with Gasteiger partial charge in [-0.05, 0) is 0 Å². The van der Waals surface area contributed by atoms with Crippen molar-refractivity contribution in [3.63, 3.8) is 0 Å². The molecule has 26 heavy (non-hydrogen) atoms. The van der Waals surface area contributed by atoms with Crippen molar-refractivity contribution in [2.75, 3.05) is 13.2 Å². The van der Waals surface area contributed by atoms with E-state index in [4.69, 9.17) is 14.2 Å². The summed E-state index contributed by atoms with van der Waals surface area (Å²) < 4.78 is 15.7. The zero-order valence-corrected chi connectivity index (χ0v) is 14.0. The van der Waals surface area contributed by atoms with Crippen LogP contribution in [0.2, 0.25) is 0 Å². The smallest absolute Gasteiger partial charge is 0.217 e. The van der Waals surface area contributed by atoms with Crippen molar-refractivity contribution >= 4 is 5.91 Å². The van der Waals surface area contributed by atoms with E-state index in [-0.39, 0.29) is 0 Å². The lowest BCUT2D eigenvalue weighted by Gasteiger charge is -2.43. The Morgan fingerprint density at radius 2 is 1.54 bits per heavy atom. The summed E-state index contributed by atoms with van der Waals surface area (Å²) in [7, 11) is 0. The first-order valence-corrected chi connectivity index (χ1v) is 8.06. The molecule has 8 N–H and O–H groups in total. The van der Waals surface area contributed by atoms with E-state index in [9.17, 15) is 40.5 Å². The van der Waals surface area contributed by atoms with Gasteiger partial charge in [-0.25, -0.2) is 0 Å². The molecule has 12 nitrogen and oxygen atoms in total. The molecule has 2 heterocycles. The van der Waals surface area contributed by atoms with Gasteiger partial charge in [0, 0.05) is 6.92 Å². The average molecular weight is 383 g/mol. The van der Waals surface area contributed by atoms with Crippen molar-refractivity contribution < 1.29 is 54.8 Å². The number of rotatable bonds is 5. The van der Waals surface area contributed by atoms with Crippen LogP contribution in [0.3, 0.4) is 0 Å². The minimum Gasteiger partial charge on any atom is -0.394 e. The number of aliphatic hydroxyl groups excluding tert-OH is 7. The fourth-order valence-corrected chi connectivity index (χ4v) is 2.87. The average Bonchev–Trinajstić information content (AvgIpc) is 2.60. The van der Waals surface area contributed by atoms with E-state index in [0.29, 0.717) is 0 Å². The SMILES string of the molecule is CC(=O)N[C@H]1[C@@H](OC[C@H]2O[C@H](O)[C@H](O)[C@@H](O)[C@@H]2O)O[C@H](CO)[C@@H](O)[C@@H]1O. The third-order valence-corrected chi connectivity index (χ3v) is 4.36. The van der Waals surface area contributed by atoms with Gasteiger partial charge in [0.05, 0.1) is 13.2 Å². The lowest BCUT2D eigenvalue weighted by atomic mass is 9.96. The number of carbonyl (C=O) groups excluding carboxylic acids is 1. The molecular weight excluding hydrogens is 358 g/mol. The Morgan fingerprint density at radius 3 is 2.12 bits per heavy atom. The summed E-state index contributed by atoms with van der Waals surface area (Å²) in [6.45, 7) is 0.0944. The maximum absolute atomic E-state index is 11.3. The lowest BCUT2D eigenvalue weighted by molar-refractivity contribution is -0.311. The second-order valence-corrected chi connectivity index (χ2v) is 6.30. The highest BCUT2D eigenvalue weighted by molar-refractivity contribution is 5.73. The van der Waals surface area contributed by atoms with E-state index < -0.39 is 80.5 Å². The fourth-order valence-electron chi connectivity index (χ4n) is 2.87. The second kappa shape index (κ2) is 8.84. The number of ether oxygens (including phenoxy) is 3. The fraction of sp³-hybridized carbons (Fsp3) is 0.929. The van der Waals surface area contributed by atoms with Crippen LogP contribution in [-0.4, -0.2) is 116 Å². The van der Waals surface area contributed by atoms with Gasteiger partial charge in [-0.2, -0.15) is 0 Å². The normalized spacial score (nSPS) is 46.8. The molecule has 0 aliphatic carbocycles. The lowest BCUT2D eigenvalue weighted by Crippen LogP contribution is -2.65. The minimum atomic E-state index is -1.75. The minimum absolute atomic E-state index is 0.455. The molecule has 10 atom stereocenters. The maximum Gasteiger partial charge on any atom is 0.217 e. The molecule has 0 unspecified atom stereocenters. The standard InChI is InChI=1S/C14H25NO11/c1-4(17)15-7-10(20)8(18)5(2-16)26-14(7)24-3-6-9(19)11(21)12(22)13(23)25-6/h5-14,16,18-23H,2-3H2,1H3,(H,15,17)/t5-,6-,7-,8-,9-,10-,11+,12-,13+,14+/m1/s1. The Balaban J connectivity index is 2.05. The first-order valence-electron chi connectivity index (χ1n) is 8.06. The first kappa shape index (κ1) is 21.4. The number of aliphatic hydroxyl groups is 7. The third kappa shape index (κ3) is 4.48. The molecule has 1 amide bonds. The number of nitrogens with one attached hydrogen (secondary N) is 1. The highest BCUT2D eigenvalue weighted by Gasteiger charge is 2.47. The summed E-state index contributed by atoms with van der Waals surface area (Å²) in [6, 6.07) is -1.19. The molecule has 2 saturated heterocycles. The van der Waals surface area contributed by atoms with E-state index in [1.54, 1.807) is 0 Å². The van der Waals surface area contributed by atoms with Crippen molar-refractivity contribution in [2.45, 2.75) is 68.3 Å². The van der Waals surface area contributed by atoms with Crippen molar-refractivity contribution in [3.8, 4) is 0 Å². The van der Waals surface area contributed by atoms with Gasteiger partial charge in [-0.15, -0.1) is 0 Å². The maximum atomic E-state index is 11.3. The molecule has 2 rings (SSSR count). The highest BCUT2D eigenvalue weighted by Crippen LogP contribution is 2.25. The van der Waals surface area contributed by atoms with Gasteiger partial charge >= 0.3 is 0 Å². The van der Waals surface area contributed by atoms with Crippen LogP contribution in [-0.2, 0) is 19.0 Å². The molecule has 0 aromatic carbocycles. The van der Waals surface area contributed by atoms with E-state index in [2.05, 4.69) is 5.32 Å². The number of hydrogen-bond donors (Lipinski definition) is 8. The molecular formula is C14H25NO11. The molecule has 0 aromatic rings. The van der Waals surface area contributed by atoms with Gasteiger partial charge in [0.2, 0.25) is 5.91 Å². The van der Waals surface area contributed by atoms with E-state index >= 15 is 0 Å². The Hall–Kier alpha value is -0.930. The largest absolute Gasteiger partial charge is 0.394 e. The zero-order chi connectivity index (χ0) is 19.6. The van der Waals surface area contributed by atoms with E-state index in [0.717, 1.165) is 0 Å². The third-order valence-electron chi connectivity index (χ3n) is 4.36. The van der Waals surface area contributed by atoms with Crippen molar-refractivity contribution in [3.05, 3.63) is 0 Å². The topological polar surface area (TPSA) is 198 Å². The quantitative estimate of drug-likeness (QED) is 0.226. The molecule has 2 aliphatic heterocycles. The molecule has 0 aromatic heterocycles. The summed E-state index contributed by atoms with van der Waals surface area (Å²) in [5.41, 5.74) is 0. The molecule has 0 saturated carbocycles. The molecule has 12 heteroatoms. The van der Waals surface area contributed by atoms with Gasteiger partial charge in [-0.1, -0.05) is 0 Å². The summed E-state index contributed by atoms with van der Waals surface area (Å²) in [4.78, 5) is 11.3. The number of hydrogen-bond acceptors (Lipinski definition) is 11. The van der Waals surface area contributed by atoms with Crippen LogP contribution in [0.1, 0.15) is 6.92 Å². The van der Waals surface area contributed by atoms with Gasteiger partial charge in [0.15, 0.2) is 12.6 Å². The van der Waals surface area contributed by atoms with Gasteiger partial charge < -0.3 is 55.3 Å². The second-order valence-electron chi connectivity index (χ2n) is 6.30. The van der Waals surface area contributed by atoms with Crippen LogP contribution in [0.25, 0.3) is 0 Å². The highest BCUT2D eigenvalue weighted by atomic mass is 16.7. The van der Waals surface area contributed by atoms with Crippen molar-refractivity contribution in [1.82, 2.24) is 5.32 Å². The Bertz CT molecular complexity index is 480. The number of carbonyl (C=O) groups is 1. The summed E-state index contributed by atoms with van der Waals surface area (Å²) in [6.07, 6.45) is -13.5. The van der Waals surface area contributed by atoms with Crippen LogP contribution >= 0.6 is 0 Å². The molecule has 2 fully saturated rings. The first-order chi connectivity index (χ1) is 12.2. The Labute approximate surface area is 148 Å². The van der Waals surface area contributed by atoms with Crippen LogP contribution in [0.15, 0.2) is 0 Å². The molecule has 0 radical (unpaired) electrons. The molecule has 152 valence electrons. The summed E-state index contributed by atoms with van der Waals surface area (Å²) in [5, 5.41) is 70.1. The number of amides is 1. The van der Waals surface area contributed by atoms with Crippen LogP contribution in [0.5, 0.6) is 0 Å². The Kier molecular flexibility index (Phi) is 7.27. The van der Waals surface area contributed by atoms with Gasteiger partial charge in [0.1, 0.15) is 48.8 Å². The zero-order valence-electron chi connectivity index (χ0n) is 14.0. The summed E-state index contributed by atoms with van der Waals surface area (Å²) in [5.74, 6) is -0.538. The van der Waals surface area contributed by atoms with E-state index in [1.165, 1.54) is 6.92 Å². The van der Waals surface area contributed by atoms with Crippen molar-refractivity contribution in [1.29, 1.82) is 0 Å². The van der Waals surface area contributed by atoms with Crippen molar-refractivity contribution in [2.24, 2.45) is 0 Å². The molecule has 0 spiro atoms. The van der Waals surface area contributed by atoms with Gasteiger partial charge in [-0.3, -0.25) is 4.79 Å². The van der Waals surface area contributed by atoms with E-state index in [1.807, 2.05) is 0 Å². The monoisotopic (exact) mass is 383 g/mol. The van der Waals surface area contributed by atoms with Crippen LogP contribution < -0.4 is 5.32 Å². The van der Waals surface area contributed by atoms with Crippen LogP contribution in [0.4, 0.5) is 0 Å². The van der Waals surface area contributed by atoms with Crippen LogP contribution in [0, 0.1) is 0 Å². The Morgan fingerprint density at radius 1 is 0.923 bits per heavy atom.